The van der Waals surface area contributed by atoms with Gasteiger partial charge in [-0.1, -0.05) is 30.3 Å². The molecular formula is C20H21N3O2. The molecule has 5 nitrogen and oxygen atoms in total. The quantitative estimate of drug-likeness (QED) is 0.932. The molecule has 1 saturated heterocycles. The van der Waals surface area contributed by atoms with Crippen molar-refractivity contribution in [2.24, 2.45) is 18.9 Å². The number of hydrogen-bond acceptors (Lipinski definition) is 3. The monoisotopic (exact) mass is 335 g/mol. The number of amides is 1. The van der Waals surface area contributed by atoms with Crippen LogP contribution < -0.4 is 5.32 Å². The predicted octanol–water partition coefficient (Wildman–Crippen LogP) is 2.27. The van der Waals surface area contributed by atoms with Crippen LogP contribution in [0.4, 0.5) is 0 Å². The zero-order valence-electron chi connectivity index (χ0n) is 14.2. The van der Waals surface area contributed by atoms with Crippen molar-refractivity contribution in [3.8, 4) is 6.07 Å². The molecule has 1 amide bonds. The number of nitrogens with zero attached hydrogens (tertiary/aromatic N) is 2. The van der Waals surface area contributed by atoms with E-state index < -0.39 is 0 Å². The van der Waals surface area contributed by atoms with Gasteiger partial charge in [0.2, 0.25) is 0 Å². The predicted molar refractivity (Wildman–Crippen MR) is 92.9 cm³/mol. The summed E-state index contributed by atoms with van der Waals surface area (Å²) >= 11 is 0. The molecule has 1 N–H and O–H groups in total. The molecular weight excluding hydrogens is 314 g/mol. The molecule has 0 radical (unpaired) electrons. The lowest BCUT2D eigenvalue weighted by atomic mass is 9.64. The highest BCUT2D eigenvalue weighted by Crippen LogP contribution is 2.45. The van der Waals surface area contributed by atoms with E-state index in [4.69, 9.17) is 10.00 Å². The summed E-state index contributed by atoms with van der Waals surface area (Å²) in [4.78, 5) is 12.7. The molecule has 0 spiro atoms. The van der Waals surface area contributed by atoms with Crippen LogP contribution in [0, 0.1) is 23.2 Å². The van der Waals surface area contributed by atoms with Crippen LogP contribution in [0.25, 0.3) is 0 Å². The second-order valence-electron chi connectivity index (χ2n) is 6.98. The van der Waals surface area contributed by atoms with Gasteiger partial charge in [-0.15, -0.1) is 0 Å². The number of nitrogens with one attached hydrogen (secondary N) is 1. The zero-order chi connectivity index (χ0) is 17.4. The second kappa shape index (κ2) is 6.38. The Kier molecular flexibility index (Phi) is 4.06. The zero-order valence-corrected chi connectivity index (χ0v) is 14.2. The van der Waals surface area contributed by atoms with Crippen molar-refractivity contribution in [3.05, 3.63) is 59.4 Å². The van der Waals surface area contributed by atoms with Crippen LogP contribution in [0.1, 0.15) is 28.0 Å². The lowest BCUT2D eigenvalue weighted by Gasteiger charge is -2.48. The van der Waals surface area contributed by atoms with Crippen molar-refractivity contribution in [2.45, 2.75) is 25.0 Å². The largest absolute Gasteiger partial charge is 0.377 e. The summed E-state index contributed by atoms with van der Waals surface area (Å²) in [6, 6.07) is 14.2. The van der Waals surface area contributed by atoms with Crippen molar-refractivity contribution in [1.29, 1.82) is 5.26 Å². The van der Waals surface area contributed by atoms with E-state index in [1.54, 1.807) is 23.9 Å². The van der Waals surface area contributed by atoms with E-state index in [1.807, 2.05) is 18.2 Å². The van der Waals surface area contributed by atoms with Gasteiger partial charge in [-0.05, 0) is 24.5 Å². The van der Waals surface area contributed by atoms with Crippen molar-refractivity contribution in [3.63, 3.8) is 0 Å². The molecule has 5 heteroatoms. The van der Waals surface area contributed by atoms with E-state index in [0.717, 1.165) is 19.4 Å². The molecule has 0 unspecified atom stereocenters. The Labute approximate surface area is 147 Å². The minimum absolute atomic E-state index is 0.114. The molecule has 2 fully saturated rings. The molecule has 1 aromatic carbocycles. The topological polar surface area (TPSA) is 67.0 Å². The average Bonchev–Trinajstić information content (AvgIpc) is 3.22. The molecule has 1 saturated carbocycles. The summed E-state index contributed by atoms with van der Waals surface area (Å²) in [5, 5.41) is 12.2. The Morgan fingerprint density at radius 3 is 2.92 bits per heavy atom. The van der Waals surface area contributed by atoms with E-state index in [9.17, 15) is 4.79 Å². The lowest BCUT2D eigenvalue weighted by molar-refractivity contribution is -0.0528. The lowest BCUT2D eigenvalue weighted by Crippen LogP contribution is -2.62. The standard InChI is InChI=1S/C20H21N3O2/c1-23-12-14(11-21)10-17(23)20(24)22-18-15-7-8-25-19(15)16(18)9-13-5-3-2-4-6-13/h2-6,10,12,15-16,18-19H,7-9H2,1H3,(H,22,24)/t15-,16+,18-,19-/m0/s1. The third-order valence-corrected chi connectivity index (χ3v) is 5.51. The van der Waals surface area contributed by atoms with Crippen molar-refractivity contribution in [1.82, 2.24) is 9.88 Å². The fourth-order valence-corrected chi connectivity index (χ4v) is 4.25. The first-order valence-electron chi connectivity index (χ1n) is 8.70. The summed E-state index contributed by atoms with van der Waals surface area (Å²) < 4.78 is 7.61. The number of carbonyl (C=O) groups is 1. The van der Waals surface area contributed by atoms with Crippen molar-refractivity contribution < 1.29 is 9.53 Å². The number of fused-ring (bicyclic) bond motifs is 1. The minimum Gasteiger partial charge on any atom is -0.377 e. The van der Waals surface area contributed by atoms with E-state index in [-0.39, 0.29) is 18.1 Å². The summed E-state index contributed by atoms with van der Waals surface area (Å²) in [5.41, 5.74) is 2.30. The Morgan fingerprint density at radius 2 is 2.20 bits per heavy atom. The van der Waals surface area contributed by atoms with E-state index in [1.165, 1.54) is 5.56 Å². The summed E-state index contributed by atoms with van der Waals surface area (Å²) in [6.07, 6.45) is 3.83. The van der Waals surface area contributed by atoms with Crippen LogP contribution in [-0.2, 0) is 18.2 Å². The van der Waals surface area contributed by atoms with Crippen LogP contribution in [-0.4, -0.2) is 29.2 Å². The molecule has 1 aromatic heterocycles. The van der Waals surface area contributed by atoms with Crippen LogP contribution in [0.15, 0.2) is 42.6 Å². The van der Waals surface area contributed by atoms with Gasteiger partial charge in [0.25, 0.3) is 5.91 Å². The maximum atomic E-state index is 12.7. The van der Waals surface area contributed by atoms with E-state index in [2.05, 4.69) is 23.5 Å². The second-order valence-corrected chi connectivity index (χ2v) is 6.98. The first-order chi connectivity index (χ1) is 12.2. The maximum absolute atomic E-state index is 12.7. The highest BCUT2D eigenvalue weighted by Gasteiger charge is 2.54. The van der Waals surface area contributed by atoms with E-state index >= 15 is 0 Å². The number of ether oxygens (including phenoxy) is 1. The molecule has 1 aliphatic carbocycles. The van der Waals surface area contributed by atoms with Crippen LogP contribution in [0.2, 0.25) is 0 Å². The van der Waals surface area contributed by atoms with Crippen LogP contribution in [0.5, 0.6) is 0 Å². The molecule has 128 valence electrons. The molecule has 1 aliphatic heterocycles. The number of benzene rings is 1. The fourth-order valence-electron chi connectivity index (χ4n) is 4.25. The number of nitriles is 1. The number of rotatable bonds is 4. The Hall–Kier alpha value is -2.58. The van der Waals surface area contributed by atoms with E-state index in [0.29, 0.717) is 23.1 Å². The van der Waals surface area contributed by atoms with Gasteiger partial charge in [0, 0.05) is 37.7 Å². The fraction of sp³-hybridized carbons (Fsp3) is 0.400. The number of hydrogen-bond donors (Lipinski definition) is 1. The van der Waals surface area contributed by atoms with Crippen molar-refractivity contribution in [2.75, 3.05) is 6.61 Å². The molecule has 2 heterocycles. The third kappa shape index (κ3) is 2.83. The first kappa shape index (κ1) is 15.9. The first-order valence-corrected chi connectivity index (χ1v) is 8.70. The summed E-state index contributed by atoms with van der Waals surface area (Å²) in [6.45, 7) is 0.774. The highest BCUT2D eigenvalue weighted by atomic mass is 16.5. The van der Waals surface area contributed by atoms with Crippen LogP contribution in [0.3, 0.4) is 0 Å². The maximum Gasteiger partial charge on any atom is 0.268 e. The Bertz CT molecular complexity index is 821. The number of carbonyl (C=O) groups excluding carboxylic acids is 1. The number of aryl methyl sites for hydroxylation is 1. The smallest absolute Gasteiger partial charge is 0.268 e. The molecule has 25 heavy (non-hydrogen) atoms. The third-order valence-electron chi connectivity index (χ3n) is 5.51. The SMILES string of the molecule is Cn1cc(C#N)cc1C(=O)N[C@@H]1[C@@H](Cc2ccccc2)[C@H]2OCC[C@@H]12. The molecule has 4 rings (SSSR count). The molecule has 2 aromatic rings. The summed E-state index contributed by atoms with van der Waals surface area (Å²) in [7, 11) is 1.79. The van der Waals surface area contributed by atoms with Gasteiger partial charge in [-0.3, -0.25) is 4.79 Å². The van der Waals surface area contributed by atoms with Gasteiger partial charge >= 0.3 is 0 Å². The highest BCUT2D eigenvalue weighted by molar-refractivity contribution is 5.93. The van der Waals surface area contributed by atoms with Gasteiger partial charge in [0.15, 0.2) is 0 Å². The average molecular weight is 335 g/mol. The van der Waals surface area contributed by atoms with Crippen LogP contribution >= 0.6 is 0 Å². The minimum atomic E-state index is -0.114. The van der Waals surface area contributed by atoms with Gasteiger partial charge in [-0.2, -0.15) is 5.26 Å². The van der Waals surface area contributed by atoms with Crippen molar-refractivity contribution >= 4 is 5.91 Å². The Morgan fingerprint density at radius 1 is 1.40 bits per heavy atom. The molecule has 4 atom stereocenters. The number of aromatic nitrogens is 1. The molecule has 2 aliphatic rings. The van der Waals surface area contributed by atoms with Gasteiger partial charge in [0.1, 0.15) is 11.8 Å². The van der Waals surface area contributed by atoms with Gasteiger partial charge < -0.3 is 14.6 Å². The normalized spacial score (nSPS) is 27.2. The summed E-state index contributed by atoms with van der Waals surface area (Å²) in [5.74, 6) is 0.584. The molecule has 0 bridgehead atoms. The van der Waals surface area contributed by atoms with Gasteiger partial charge in [0.05, 0.1) is 11.7 Å². The Balaban J connectivity index is 1.50. The van der Waals surface area contributed by atoms with Gasteiger partial charge in [-0.25, -0.2) is 0 Å².